The van der Waals surface area contributed by atoms with Crippen molar-refractivity contribution < 1.29 is 4.74 Å². The van der Waals surface area contributed by atoms with E-state index in [2.05, 4.69) is 58.1 Å². The van der Waals surface area contributed by atoms with E-state index >= 15 is 0 Å². The molecule has 2 nitrogen and oxygen atoms in total. The number of hydrogen-bond acceptors (Lipinski definition) is 2. The van der Waals surface area contributed by atoms with Crippen LogP contribution in [0.25, 0.3) is 0 Å². The van der Waals surface area contributed by atoms with Crippen molar-refractivity contribution in [2.24, 2.45) is 5.41 Å². The fraction of sp³-hybridized carbons (Fsp3) is 0.667. The zero-order valence-electron chi connectivity index (χ0n) is 14.0. The zero-order chi connectivity index (χ0) is 15.2. The smallest absolute Gasteiger partial charge is 0.124 e. The molecule has 0 fully saturated rings. The number of ether oxygens (including phenoxy) is 1. The maximum absolute atomic E-state index is 5.83. The van der Waals surface area contributed by atoms with E-state index in [0.29, 0.717) is 18.1 Å². The van der Waals surface area contributed by atoms with Crippen molar-refractivity contribution >= 4 is 0 Å². The van der Waals surface area contributed by atoms with Gasteiger partial charge >= 0.3 is 0 Å². The highest BCUT2D eigenvalue weighted by Crippen LogP contribution is 2.34. The van der Waals surface area contributed by atoms with Crippen LogP contribution < -0.4 is 10.1 Å². The summed E-state index contributed by atoms with van der Waals surface area (Å²) >= 11 is 0. The number of aryl methyl sites for hydroxylation is 1. The molecule has 1 unspecified atom stereocenters. The van der Waals surface area contributed by atoms with Crippen LogP contribution in [0.15, 0.2) is 18.2 Å². The van der Waals surface area contributed by atoms with E-state index in [9.17, 15) is 0 Å². The van der Waals surface area contributed by atoms with E-state index in [1.807, 2.05) is 6.92 Å². The third-order valence-electron chi connectivity index (χ3n) is 3.30. The molecular weight excluding hydrogens is 246 g/mol. The summed E-state index contributed by atoms with van der Waals surface area (Å²) in [5, 5.41) is 3.69. The molecule has 0 radical (unpaired) electrons. The number of rotatable bonds is 7. The van der Waals surface area contributed by atoms with E-state index in [4.69, 9.17) is 4.74 Å². The quantitative estimate of drug-likeness (QED) is 0.767. The first-order valence-electron chi connectivity index (χ1n) is 7.84. The molecule has 1 N–H and O–H groups in total. The van der Waals surface area contributed by atoms with Crippen molar-refractivity contribution in [2.75, 3.05) is 13.2 Å². The molecule has 0 spiro atoms. The zero-order valence-corrected chi connectivity index (χ0v) is 14.0. The summed E-state index contributed by atoms with van der Waals surface area (Å²) in [5.74, 6) is 1.02. The van der Waals surface area contributed by atoms with Crippen LogP contribution in [0.2, 0.25) is 0 Å². The van der Waals surface area contributed by atoms with Gasteiger partial charge in [0.2, 0.25) is 0 Å². The van der Waals surface area contributed by atoms with Gasteiger partial charge in [0.1, 0.15) is 5.75 Å². The van der Waals surface area contributed by atoms with Crippen LogP contribution in [0.3, 0.4) is 0 Å². The molecule has 0 aromatic heterocycles. The molecule has 0 saturated carbocycles. The van der Waals surface area contributed by atoms with Gasteiger partial charge in [0.05, 0.1) is 6.61 Å². The third kappa shape index (κ3) is 5.54. The molecule has 0 heterocycles. The molecule has 1 rings (SSSR count). The Morgan fingerprint density at radius 2 is 1.90 bits per heavy atom. The molecule has 0 aliphatic rings. The lowest BCUT2D eigenvalue weighted by Crippen LogP contribution is -2.27. The molecule has 1 aromatic rings. The summed E-state index contributed by atoms with van der Waals surface area (Å²) in [6.45, 7) is 15.0. The minimum absolute atomic E-state index is 0.290. The normalized spacial score (nSPS) is 13.3. The van der Waals surface area contributed by atoms with Gasteiger partial charge in [-0.25, -0.2) is 0 Å². The Hall–Kier alpha value is -1.02. The fourth-order valence-electron chi connectivity index (χ4n) is 2.45. The largest absolute Gasteiger partial charge is 0.494 e. The third-order valence-corrected chi connectivity index (χ3v) is 3.30. The Bertz CT molecular complexity index is 406. The summed E-state index contributed by atoms with van der Waals surface area (Å²) in [6, 6.07) is 6.86. The fourth-order valence-corrected chi connectivity index (χ4v) is 2.45. The molecule has 2 heteroatoms. The summed E-state index contributed by atoms with van der Waals surface area (Å²) < 4.78 is 5.83. The van der Waals surface area contributed by atoms with Gasteiger partial charge in [-0.2, -0.15) is 0 Å². The van der Waals surface area contributed by atoms with Gasteiger partial charge in [-0.15, -0.1) is 0 Å². The summed E-state index contributed by atoms with van der Waals surface area (Å²) in [7, 11) is 0. The van der Waals surface area contributed by atoms with Crippen LogP contribution in [-0.4, -0.2) is 13.2 Å². The summed E-state index contributed by atoms with van der Waals surface area (Å²) in [4.78, 5) is 0. The van der Waals surface area contributed by atoms with Gasteiger partial charge in [0, 0.05) is 11.6 Å². The van der Waals surface area contributed by atoms with Crippen LogP contribution in [0.4, 0.5) is 0 Å². The first kappa shape index (κ1) is 17.0. The Morgan fingerprint density at radius 3 is 2.45 bits per heavy atom. The van der Waals surface area contributed by atoms with Crippen molar-refractivity contribution in [3.05, 3.63) is 29.3 Å². The standard InChI is InChI=1S/C18H31NO/c1-7-11-19-16(13-18(4,5)6)15-12-14(3)9-10-17(15)20-8-2/h9-10,12,16,19H,7-8,11,13H2,1-6H3. The van der Waals surface area contributed by atoms with Gasteiger partial charge < -0.3 is 10.1 Å². The second-order valence-electron chi connectivity index (χ2n) is 6.75. The van der Waals surface area contributed by atoms with Crippen LogP contribution >= 0.6 is 0 Å². The predicted molar refractivity (Wildman–Crippen MR) is 87.5 cm³/mol. The topological polar surface area (TPSA) is 21.3 Å². The van der Waals surface area contributed by atoms with Crippen LogP contribution in [0.5, 0.6) is 5.75 Å². The molecular formula is C18H31NO. The molecule has 0 saturated heterocycles. The van der Waals surface area contributed by atoms with Gasteiger partial charge in [-0.05, 0) is 44.7 Å². The van der Waals surface area contributed by atoms with Crippen LogP contribution in [-0.2, 0) is 0 Å². The molecule has 0 aliphatic carbocycles. The van der Waals surface area contributed by atoms with E-state index in [1.54, 1.807) is 0 Å². The Labute approximate surface area is 124 Å². The molecule has 114 valence electrons. The van der Waals surface area contributed by atoms with Crippen LogP contribution in [0, 0.1) is 12.3 Å². The molecule has 0 aliphatic heterocycles. The highest BCUT2D eigenvalue weighted by molar-refractivity contribution is 5.39. The van der Waals surface area contributed by atoms with Crippen molar-refractivity contribution in [1.29, 1.82) is 0 Å². The Balaban J connectivity index is 3.06. The SMILES string of the molecule is CCCNC(CC(C)(C)C)c1cc(C)ccc1OCC. The molecule has 1 aromatic carbocycles. The average Bonchev–Trinajstić information content (AvgIpc) is 2.35. The Morgan fingerprint density at radius 1 is 1.20 bits per heavy atom. The van der Waals surface area contributed by atoms with Crippen molar-refractivity contribution in [3.63, 3.8) is 0 Å². The van der Waals surface area contributed by atoms with E-state index in [-0.39, 0.29) is 0 Å². The monoisotopic (exact) mass is 277 g/mol. The van der Waals surface area contributed by atoms with Crippen molar-refractivity contribution in [3.8, 4) is 5.75 Å². The van der Waals surface area contributed by atoms with Crippen molar-refractivity contribution in [1.82, 2.24) is 5.32 Å². The lowest BCUT2D eigenvalue weighted by molar-refractivity contribution is 0.294. The lowest BCUT2D eigenvalue weighted by Gasteiger charge is -2.29. The van der Waals surface area contributed by atoms with E-state index in [1.165, 1.54) is 11.1 Å². The summed E-state index contributed by atoms with van der Waals surface area (Å²) in [5.41, 5.74) is 2.88. The molecule has 20 heavy (non-hydrogen) atoms. The maximum atomic E-state index is 5.83. The lowest BCUT2D eigenvalue weighted by atomic mass is 9.85. The predicted octanol–water partition coefficient (Wildman–Crippen LogP) is 4.87. The number of hydrogen-bond donors (Lipinski definition) is 1. The highest BCUT2D eigenvalue weighted by Gasteiger charge is 2.22. The molecule has 1 atom stereocenters. The second kappa shape index (κ2) is 7.68. The first-order valence-corrected chi connectivity index (χ1v) is 7.84. The number of benzene rings is 1. The number of nitrogens with one attached hydrogen (secondary N) is 1. The minimum atomic E-state index is 0.290. The minimum Gasteiger partial charge on any atom is -0.494 e. The van der Waals surface area contributed by atoms with Gasteiger partial charge in [-0.3, -0.25) is 0 Å². The highest BCUT2D eigenvalue weighted by atomic mass is 16.5. The summed E-state index contributed by atoms with van der Waals surface area (Å²) in [6.07, 6.45) is 2.26. The van der Waals surface area contributed by atoms with Gasteiger partial charge in [0.15, 0.2) is 0 Å². The average molecular weight is 277 g/mol. The molecule has 0 bridgehead atoms. The van der Waals surface area contributed by atoms with E-state index in [0.717, 1.165) is 25.1 Å². The van der Waals surface area contributed by atoms with Gasteiger partial charge in [0.25, 0.3) is 0 Å². The Kier molecular flexibility index (Phi) is 6.54. The molecule has 0 amide bonds. The van der Waals surface area contributed by atoms with Crippen LogP contribution in [0.1, 0.15) is 64.6 Å². The first-order chi connectivity index (χ1) is 9.37. The maximum Gasteiger partial charge on any atom is 0.124 e. The second-order valence-corrected chi connectivity index (χ2v) is 6.75. The van der Waals surface area contributed by atoms with E-state index < -0.39 is 0 Å². The van der Waals surface area contributed by atoms with Crippen molar-refractivity contribution in [2.45, 2.75) is 60.4 Å². The van der Waals surface area contributed by atoms with Gasteiger partial charge in [-0.1, -0.05) is 45.4 Å².